The fraction of sp³-hybridized carbons (Fsp3) is 0.417. The molecule has 0 unspecified atom stereocenters. The van der Waals surface area contributed by atoms with E-state index < -0.39 is 10.0 Å². The molecule has 0 saturated carbocycles. The molecule has 0 fully saturated rings. The molecule has 0 aliphatic heterocycles. The van der Waals surface area contributed by atoms with Crippen molar-refractivity contribution >= 4 is 32.9 Å². The van der Waals surface area contributed by atoms with Gasteiger partial charge in [-0.15, -0.1) is 0 Å². The van der Waals surface area contributed by atoms with E-state index in [1.54, 1.807) is 0 Å². The highest BCUT2D eigenvalue weighted by atomic mass is 32.2. The summed E-state index contributed by atoms with van der Waals surface area (Å²) in [7, 11) is -0.172. The molecule has 0 bridgehead atoms. The van der Waals surface area contributed by atoms with E-state index in [4.69, 9.17) is 18.0 Å². The van der Waals surface area contributed by atoms with Gasteiger partial charge in [0.25, 0.3) is 0 Å². The third-order valence-corrected chi connectivity index (χ3v) is 4.72. The van der Waals surface area contributed by atoms with Gasteiger partial charge in [0.05, 0.1) is 5.75 Å². The molecular weight excluding hydrogens is 282 g/mol. The Balaban J connectivity index is 2.77. The molecule has 0 saturated heterocycles. The maximum Gasteiger partial charge on any atom is 0.215 e. The Kier molecular flexibility index (Phi) is 5.28. The van der Waals surface area contributed by atoms with E-state index in [2.05, 4.69) is 5.32 Å². The molecule has 1 aromatic carbocycles. The molecule has 5 nitrogen and oxygen atoms in total. The standard InChI is InChI=1S/C12H19N3O2S2/c1-9-4-5-11(10(8-9)12(13)18)14-6-7-19(16,17)15(2)3/h4-5,8,14H,6-7H2,1-3H3,(H2,13,18). The lowest BCUT2D eigenvalue weighted by Gasteiger charge is -2.14. The van der Waals surface area contributed by atoms with Crippen LogP contribution < -0.4 is 11.1 Å². The molecule has 0 aliphatic rings. The van der Waals surface area contributed by atoms with Crippen LogP contribution in [0.2, 0.25) is 0 Å². The molecule has 0 aliphatic carbocycles. The van der Waals surface area contributed by atoms with Gasteiger partial charge in [-0.2, -0.15) is 0 Å². The summed E-state index contributed by atoms with van der Waals surface area (Å²) in [4.78, 5) is 0.293. The van der Waals surface area contributed by atoms with Gasteiger partial charge in [-0.3, -0.25) is 0 Å². The van der Waals surface area contributed by atoms with Gasteiger partial charge in [-0.25, -0.2) is 12.7 Å². The Morgan fingerprint density at radius 3 is 2.58 bits per heavy atom. The first-order valence-electron chi connectivity index (χ1n) is 5.78. The average molecular weight is 301 g/mol. The van der Waals surface area contributed by atoms with Gasteiger partial charge in [-0.05, 0) is 19.1 Å². The molecule has 1 aromatic rings. The van der Waals surface area contributed by atoms with Crippen molar-refractivity contribution in [2.75, 3.05) is 31.7 Å². The summed E-state index contributed by atoms with van der Waals surface area (Å²) in [6.07, 6.45) is 0. The minimum atomic E-state index is -3.20. The van der Waals surface area contributed by atoms with Crippen molar-refractivity contribution in [1.82, 2.24) is 4.31 Å². The van der Waals surface area contributed by atoms with Crippen LogP contribution in [0.25, 0.3) is 0 Å². The second-order valence-corrected chi connectivity index (χ2v) is 7.18. The van der Waals surface area contributed by atoms with E-state index in [0.717, 1.165) is 16.8 Å². The number of nitrogens with zero attached hydrogens (tertiary/aromatic N) is 1. The SMILES string of the molecule is Cc1ccc(NCCS(=O)(=O)N(C)C)c(C(N)=S)c1. The van der Waals surface area contributed by atoms with Crippen LogP contribution in [0.3, 0.4) is 0 Å². The van der Waals surface area contributed by atoms with Gasteiger partial charge in [-0.1, -0.05) is 23.8 Å². The number of anilines is 1. The molecule has 0 spiro atoms. The summed E-state index contributed by atoms with van der Waals surface area (Å²) in [5.74, 6) is 0.0185. The maximum atomic E-state index is 11.6. The topological polar surface area (TPSA) is 75.4 Å². The molecule has 106 valence electrons. The van der Waals surface area contributed by atoms with Gasteiger partial charge in [0.15, 0.2) is 0 Å². The lowest BCUT2D eigenvalue weighted by atomic mass is 10.1. The maximum absolute atomic E-state index is 11.6. The second kappa shape index (κ2) is 6.31. The number of hydrogen-bond acceptors (Lipinski definition) is 4. The van der Waals surface area contributed by atoms with Crippen molar-refractivity contribution in [3.63, 3.8) is 0 Å². The van der Waals surface area contributed by atoms with Crippen LogP contribution in [0.15, 0.2) is 18.2 Å². The summed E-state index contributed by atoms with van der Waals surface area (Å²) in [6.45, 7) is 2.25. The Labute approximate surface area is 119 Å². The summed E-state index contributed by atoms with van der Waals surface area (Å²) in [6, 6.07) is 5.65. The number of nitrogens with one attached hydrogen (secondary N) is 1. The van der Waals surface area contributed by atoms with Crippen LogP contribution in [-0.4, -0.2) is 44.1 Å². The molecule has 0 aromatic heterocycles. The molecule has 3 N–H and O–H groups in total. The number of sulfonamides is 1. The minimum Gasteiger partial charge on any atom is -0.389 e. The third-order valence-electron chi connectivity index (χ3n) is 2.67. The number of aryl methyl sites for hydroxylation is 1. The largest absolute Gasteiger partial charge is 0.389 e. The van der Waals surface area contributed by atoms with Crippen LogP contribution in [0, 0.1) is 6.92 Å². The Morgan fingerprint density at radius 2 is 2.05 bits per heavy atom. The summed E-state index contributed by atoms with van der Waals surface area (Å²) < 4.78 is 24.5. The van der Waals surface area contributed by atoms with Gasteiger partial charge < -0.3 is 11.1 Å². The van der Waals surface area contributed by atoms with Crippen molar-refractivity contribution in [1.29, 1.82) is 0 Å². The van der Waals surface area contributed by atoms with E-state index in [-0.39, 0.29) is 5.75 Å². The van der Waals surface area contributed by atoms with Crippen molar-refractivity contribution in [2.45, 2.75) is 6.92 Å². The van der Waals surface area contributed by atoms with Gasteiger partial charge in [0.2, 0.25) is 10.0 Å². The average Bonchev–Trinajstić information content (AvgIpc) is 2.30. The van der Waals surface area contributed by atoms with Gasteiger partial charge >= 0.3 is 0 Å². The molecule has 19 heavy (non-hydrogen) atoms. The van der Waals surface area contributed by atoms with Crippen LogP contribution in [0.5, 0.6) is 0 Å². The number of rotatable bonds is 6. The van der Waals surface area contributed by atoms with Crippen molar-refractivity contribution in [2.24, 2.45) is 5.73 Å². The molecule has 7 heteroatoms. The van der Waals surface area contributed by atoms with E-state index in [1.807, 2.05) is 25.1 Å². The number of thiocarbonyl (C=S) groups is 1. The van der Waals surface area contributed by atoms with Crippen LogP contribution in [0.1, 0.15) is 11.1 Å². The zero-order chi connectivity index (χ0) is 14.6. The molecule has 0 atom stereocenters. The Bertz CT molecular complexity index is 568. The highest BCUT2D eigenvalue weighted by Gasteiger charge is 2.13. The summed E-state index contributed by atoms with van der Waals surface area (Å²) in [5.41, 5.74) is 8.19. The van der Waals surface area contributed by atoms with Crippen LogP contribution in [0.4, 0.5) is 5.69 Å². The summed E-state index contributed by atoms with van der Waals surface area (Å²) in [5, 5.41) is 3.06. The highest BCUT2D eigenvalue weighted by Crippen LogP contribution is 2.17. The van der Waals surface area contributed by atoms with Gasteiger partial charge in [0.1, 0.15) is 4.99 Å². The van der Waals surface area contributed by atoms with E-state index in [9.17, 15) is 8.42 Å². The van der Waals surface area contributed by atoms with Crippen LogP contribution in [-0.2, 0) is 10.0 Å². The first kappa shape index (κ1) is 15.9. The lowest BCUT2D eigenvalue weighted by molar-refractivity contribution is 0.521. The molecule has 0 amide bonds. The van der Waals surface area contributed by atoms with E-state index in [0.29, 0.717) is 11.5 Å². The van der Waals surface area contributed by atoms with Crippen molar-refractivity contribution < 1.29 is 8.42 Å². The molecular formula is C12H19N3O2S2. The molecule has 1 rings (SSSR count). The third kappa shape index (κ3) is 4.45. The van der Waals surface area contributed by atoms with Crippen LogP contribution >= 0.6 is 12.2 Å². The number of hydrogen-bond donors (Lipinski definition) is 2. The van der Waals surface area contributed by atoms with E-state index in [1.165, 1.54) is 18.4 Å². The van der Waals surface area contributed by atoms with Gasteiger partial charge in [0, 0.05) is 31.9 Å². The summed E-state index contributed by atoms with van der Waals surface area (Å²) >= 11 is 4.99. The lowest BCUT2D eigenvalue weighted by Crippen LogP contribution is -2.28. The fourth-order valence-corrected chi connectivity index (χ4v) is 2.41. The first-order valence-corrected chi connectivity index (χ1v) is 7.80. The smallest absolute Gasteiger partial charge is 0.215 e. The Morgan fingerprint density at radius 1 is 1.42 bits per heavy atom. The monoisotopic (exact) mass is 301 g/mol. The number of benzene rings is 1. The second-order valence-electron chi connectivity index (χ2n) is 4.44. The molecule has 0 radical (unpaired) electrons. The van der Waals surface area contributed by atoms with Crippen molar-refractivity contribution in [3.05, 3.63) is 29.3 Å². The predicted octanol–water partition coefficient (Wildman–Crippen LogP) is 0.933. The fourth-order valence-electron chi connectivity index (χ4n) is 1.51. The quantitative estimate of drug-likeness (QED) is 0.765. The predicted molar refractivity (Wildman–Crippen MR) is 83.0 cm³/mol. The first-order chi connectivity index (χ1) is 8.74. The Hall–Kier alpha value is -1.18. The van der Waals surface area contributed by atoms with E-state index >= 15 is 0 Å². The highest BCUT2D eigenvalue weighted by molar-refractivity contribution is 7.89. The minimum absolute atomic E-state index is 0.0185. The van der Waals surface area contributed by atoms with Crippen molar-refractivity contribution in [3.8, 4) is 0 Å². The zero-order valence-electron chi connectivity index (χ0n) is 11.3. The molecule has 0 heterocycles. The zero-order valence-corrected chi connectivity index (χ0v) is 12.9. The normalized spacial score (nSPS) is 11.6. The number of nitrogens with two attached hydrogens (primary N) is 1.